The minimum absolute atomic E-state index is 0.0637. The van der Waals surface area contributed by atoms with Gasteiger partial charge < -0.3 is 29.7 Å². The molecule has 4 rings (SSSR count). The van der Waals surface area contributed by atoms with Crippen LogP contribution in [-0.2, 0) is 11.2 Å². The first-order chi connectivity index (χ1) is 13.0. The van der Waals surface area contributed by atoms with E-state index in [9.17, 15) is 19.7 Å². The van der Waals surface area contributed by atoms with Gasteiger partial charge >= 0.3 is 13.1 Å². The second kappa shape index (κ2) is 7.40. The number of aryl methyl sites for hydroxylation is 1. The van der Waals surface area contributed by atoms with Gasteiger partial charge in [0.25, 0.3) is 0 Å². The molecule has 0 saturated carbocycles. The fourth-order valence-corrected chi connectivity index (χ4v) is 3.88. The fourth-order valence-electron chi connectivity index (χ4n) is 3.88. The van der Waals surface area contributed by atoms with Crippen LogP contribution in [-0.4, -0.2) is 65.8 Å². The molecule has 3 aliphatic rings. The molecule has 27 heavy (non-hydrogen) atoms. The summed E-state index contributed by atoms with van der Waals surface area (Å²) in [5.41, 5.74) is 0.686. The van der Waals surface area contributed by atoms with Crippen LogP contribution in [0, 0.1) is 0 Å². The maximum absolute atomic E-state index is 12.3. The van der Waals surface area contributed by atoms with E-state index in [1.54, 1.807) is 17.0 Å². The number of nitrogens with one attached hydrogen (secondary N) is 1. The van der Waals surface area contributed by atoms with Gasteiger partial charge in [0.05, 0.1) is 13.1 Å². The minimum atomic E-state index is -1.16. The monoisotopic (exact) mass is 374 g/mol. The van der Waals surface area contributed by atoms with E-state index < -0.39 is 13.1 Å². The number of nitrogens with zero attached hydrogens (tertiary/aromatic N) is 1. The summed E-state index contributed by atoms with van der Waals surface area (Å²) >= 11 is 0. The summed E-state index contributed by atoms with van der Waals surface area (Å²) in [5.74, 6) is -0.664. The molecule has 0 aromatic heterocycles. The molecule has 2 saturated heterocycles. The van der Waals surface area contributed by atoms with Gasteiger partial charge in [0, 0.05) is 12.5 Å². The lowest BCUT2D eigenvalue weighted by atomic mass is 9.78. The number of likely N-dealkylation sites (tertiary alicyclic amines) is 1. The highest BCUT2D eigenvalue weighted by molar-refractivity contribution is 6.44. The van der Waals surface area contributed by atoms with Crippen molar-refractivity contribution >= 4 is 19.0 Å². The number of carbonyl (C=O) groups is 2. The number of carboxylic acid groups (broad SMARTS) is 1. The van der Waals surface area contributed by atoms with Crippen LogP contribution in [0.5, 0.6) is 11.5 Å². The van der Waals surface area contributed by atoms with Crippen molar-refractivity contribution in [1.29, 1.82) is 0 Å². The molecule has 1 aromatic carbocycles. The first kappa shape index (κ1) is 18.1. The molecule has 144 valence electrons. The Kier molecular flexibility index (Phi) is 4.97. The van der Waals surface area contributed by atoms with E-state index in [2.05, 4.69) is 5.32 Å². The Morgan fingerprint density at radius 1 is 1.37 bits per heavy atom. The molecule has 3 aliphatic heterocycles. The second-order valence-electron chi connectivity index (χ2n) is 7.38. The molecule has 0 unspecified atom stereocenters. The zero-order chi connectivity index (χ0) is 19.0. The van der Waals surface area contributed by atoms with Crippen LogP contribution in [0.2, 0.25) is 6.32 Å². The van der Waals surface area contributed by atoms with E-state index in [1.807, 2.05) is 0 Å². The first-order valence-corrected chi connectivity index (χ1v) is 9.43. The number of hydrogen-bond donors (Lipinski definition) is 3. The van der Waals surface area contributed by atoms with Gasteiger partial charge in [0.2, 0.25) is 5.91 Å². The van der Waals surface area contributed by atoms with Gasteiger partial charge in [-0.2, -0.15) is 0 Å². The van der Waals surface area contributed by atoms with Gasteiger partial charge in [-0.15, -0.1) is 0 Å². The Bertz CT molecular complexity index is 746. The molecule has 1 atom stereocenters. The third-order valence-electron chi connectivity index (χ3n) is 5.41. The third-order valence-corrected chi connectivity index (χ3v) is 5.41. The Morgan fingerprint density at radius 3 is 2.89 bits per heavy atom. The van der Waals surface area contributed by atoms with Gasteiger partial charge in [0.1, 0.15) is 23.2 Å². The molecule has 0 radical (unpaired) electrons. The molecule has 0 bridgehead atoms. The smallest absolute Gasteiger partial charge is 0.522 e. The molecular formula is C18H23BN2O6. The quantitative estimate of drug-likeness (QED) is 0.646. The fraction of sp³-hybridized carbons (Fsp3) is 0.556. The lowest BCUT2D eigenvalue weighted by Crippen LogP contribution is -2.57. The highest BCUT2D eigenvalue weighted by Gasteiger charge is 2.36. The largest absolute Gasteiger partial charge is 0.535 e. The van der Waals surface area contributed by atoms with Gasteiger partial charge in [-0.3, -0.25) is 4.79 Å². The summed E-state index contributed by atoms with van der Waals surface area (Å²) in [6.07, 6.45) is 3.38. The number of hydrogen-bond acceptors (Lipinski definition) is 6. The average Bonchev–Trinajstić information content (AvgIpc) is 3.09. The van der Waals surface area contributed by atoms with Gasteiger partial charge in [-0.25, -0.2) is 4.79 Å². The van der Waals surface area contributed by atoms with E-state index >= 15 is 0 Å². The lowest BCUT2D eigenvalue weighted by Gasteiger charge is -2.39. The maximum Gasteiger partial charge on any atom is 0.522 e. The standard InChI is InChI=1S/C18H23BN2O6/c22-15(8-12-2-1-7-20-12)21-9-13(10-21)26-14-4-3-11-5-6-19(25)27-17(11)16(14)18(23)24/h3-4,12-13,20,25H,1-2,5-10H2,(H,23,24)/t12-/m0/s1. The van der Waals surface area contributed by atoms with Crippen LogP contribution in [0.4, 0.5) is 0 Å². The van der Waals surface area contributed by atoms with Crippen LogP contribution in [0.1, 0.15) is 35.2 Å². The van der Waals surface area contributed by atoms with Crippen LogP contribution >= 0.6 is 0 Å². The van der Waals surface area contributed by atoms with Crippen LogP contribution < -0.4 is 14.7 Å². The zero-order valence-electron chi connectivity index (χ0n) is 15.0. The molecule has 0 spiro atoms. The molecule has 3 heterocycles. The normalized spacial score (nSPS) is 22.0. The molecule has 1 amide bonds. The number of benzene rings is 1. The van der Waals surface area contributed by atoms with Crippen LogP contribution in [0.25, 0.3) is 0 Å². The van der Waals surface area contributed by atoms with Crippen molar-refractivity contribution in [3.8, 4) is 11.5 Å². The maximum atomic E-state index is 12.3. The highest BCUT2D eigenvalue weighted by atomic mass is 16.5. The van der Waals surface area contributed by atoms with E-state index in [-0.39, 0.29) is 35.1 Å². The number of rotatable bonds is 5. The minimum Gasteiger partial charge on any atom is -0.535 e. The number of aromatic carboxylic acids is 1. The molecule has 8 nitrogen and oxygen atoms in total. The van der Waals surface area contributed by atoms with E-state index in [1.165, 1.54) is 0 Å². The van der Waals surface area contributed by atoms with E-state index in [0.29, 0.717) is 32.3 Å². The van der Waals surface area contributed by atoms with Gasteiger partial charge in [-0.05, 0) is 43.8 Å². The predicted molar refractivity (Wildman–Crippen MR) is 97.2 cm³/mol. The summed E-state index contributed by atoms with van der Waals surface area (Å²) in [4.78, 5) is 25.8. The van der Waals surface area contributed by atoms with Crippen molar-refractivity contribution in [3.05, 3.63) is 23.3 Å². The molecule has 2 fully saturated rings. The van der Waals surface area contributed by atoms with Crippen LogP contribution in [0.15, 0.2) is 12.1 Å². The summed E-state index contributed by atoms with van der Waals surface area (Å²) in [6.45, 7) is 1.87. The Labute approximate surface area is 157 Å². The van der Waals surface area contributed by atoms with Crippen molar-refractivity contribution in [2.45, 2.75) is 44.1 Å². The highest BCUT2D eigenvalue weighted by Crippen LogP contribution is 2.37. The SMILES string of the molecule is O=C(O)c1c(OC2CN(C(=O)C[C@@H]3CCCN3)C2)ccc2c1OB(O)CC2. The number of ether oxygens (including phenoxy) is 1. The van der Waals surface area contributed by atoms with Crippen LogP contribution in [0.3, 0.4) is 0 Å². The third kappa shape index (κ3) is 3.75. The molecule has 0 aliphatic carbocycles. The predicted octanol–water partition coefficient (Wildman–Crippen LogP) is 0.532. The molecule has 1 aromatic rings. The van der Waals surface area contributed by atoms with Crippen molar-refractivity contribution < 1.29 is 29.1 Å². The number of amides is 1. The van der Waals surface area contributed by atoms with Gasteiger partial charge in [-0.1, -0.05) is 6.07 Å². The van der Waals surface area contributed by atoms with E-state index in [4.69, 9.17) is 9.39 Å². The topological polar surface area (TPSA) is 108 Å². The molecule has 9 heteroatoms. The number of fused-ring (bicyclic) bond motifs is 1. The van der Waals surface area contributed by atoms with Crippen molar-refractivity contribution in [2.24, 2.45) is 0 Å². The van der Waals surface area contributed by atoms with Gasteiger partial charge in [0.15, 0.2) is 0 Å². The van der Waals surface area contributed by atoms with Crippen molar-refractivity contribution in [3.63, 3.8) is 0 Å². The van der Waals surface area contributed by atoms with E-state index in [0.717, 1.165) is 24.9 Å². The molecular weight excluding hydrogens is 351 g/mol. The lowest BCUT2D eigenvalue weighted by molar-refractivity contribution is -0.140. The summed E-state index contributed by atoms with van der Waals surface area (Å²) in [7, 11) is -1.01. The molecule has 3 N–H and O–H groups in total. The number of carbonyl (C=O) groups excluding carboxylic acids is 1. The first-order valence-electron chi connectivity index (χ1n) is 9.43. The average molecular weight is 374 g/mol. The number of carboxylic acids is 1. The summed E-state index contributed by atoms with van der Waals surface area (Å²) < 4.78 is 11.2. The summed E-state index contributed by atoms with van der Waals surface area (Å²) in [6, 6.07) is 3.67. The van der Waals surface area contributed by atoms with Crippen molar-refractivity contribution in [2.75, 3.05) is 19.6 Å². The summed E-state index contributed by atoms with van der Waals surface area (Å²) in [5, 5.41) is 22.6. The zero-order valence-corrected chi connectivity index (χ0v) is 15.0. The Balaban J connectivity index is 1.40. The Hall–Kier alpha value is -2.26. The van der Waals surface area contributed by atoms with Crippen molar-refractivity contribution in [1.82, 2.24) is 10.2 Å². The Morgan fingerprint density at radius 2 is 2.19 bits per heavy atom. The second-order valence-corrected chi connectivity index (χ2v) is 7.38.